The van der Waals surface area contributed by atoms with Crippen LogP contribution in [0.2, 0.25) is 0 Å². The molecule has 0 spiro atoms. The number of benzene rings is 1. The minimum absolute atomic E-state index is 0.184. The zero-order valence-electron chi connectivity index (χ0n) is 15.7. The molecule has 3 heterocycles. The molecule has 0 aliphatic carbocycles. The van der Waals surface area contributed by atoms with Crippen molar-refractivity contribution >= 4 is 17.2 Å². The Morgan fingerprint density at radius 1 is 1.33 bits per heavy atom. The van der Waals surface area contributed by atoms with Crippen molar-refractivity contribution in [2.24, 2.45) is 0 Å². The summed E-state index contributed by atoms with van der Waals surface area (Å²) in [4.78, 5) is 16.4. The molecule has 0 radical (unpaired) electrons. The first-order valence-corrected chi connectivity index (χ1v) is 9.47. The average Bonchev–Trinajstić information content (AvgIpc) is 3.28. The fourth-order valence-electron chi connectivity index (χ4n) is 3.81. The van der Waals surface area contributed by atoms with Gasteiger partial charge >= 0.3 is 0 Å². The van der Waals surface area contributed by atoms with Gasteiger partial charge < -0.3 is 14.0 Å². The Kier molecular flexibility index (Phi) is 4.94. The quantitative estimate of drug-likeness (QED) is 0.603. The molecule has 27 heavy (non-hydrogen) atoms. The molecule has 0 amide bonds. The second-order valence-corrected chi connectivity index (χ2v) is 7.22. The lowest BCUT2D eigenvalue weighted by atomic mass is 10.0. The molecule has 0 N–H and O–H groups in total. The Balaban J connectivity index is 1.82. The molecule has 4 rings (SSSR count). The highest BCUT2D eigenvalue weighted by molar-refractivity contribution is 6.00. The smallest absolute Gasteiger partial charge is 0.199 e. The number of ether oxygens (including phenoxy) is 2. The second kappa shape index (κ2) is 7.53. The van der Waals surface area contributed by atoms with Crippen LogP contribution in [0.5, 0.6) is 5.75 Å². The number of nitrogens with zero attached hydrogens (tertiary/aromatic N) is 2. The standard InChI is InChI=1S/C22H24N2O3/c1-15(2)22-19(14-25)18-9-8-17(27-21-7-5-11-26-21)12-20(18)24(22)13-16-6-3-4-10-23-16/h3-4,6,8-10,12,14-15,21H,5,7,11,13H2,1-2H3. The largest absolute Gasteiger partial charge is 0.465 e. The highest BCUT2D eigenvalue weighted by atomic mass is 16.7. The zero-order chi connectivity index (χ0) is 18.8. The summed E-state index contributed by atoms with van der Waals surface area (Å²) in [5, 5.41) is 0.948. The van der Waals surface area contributed by atoms with Gasteiger partial charge in [0.1, 0.15) is 5.75 Å². The number of carbonyl (C=O) groups is 1. The van der Waals surface area contributed by atoms with Gasteiger partial charge in [-0.2, -0.15) is 0 Å². The van der Waals surface area contributed by atoms with Crippen molar-refractivity contribution in [2.45, 2.75) is 45.4 Å². The first-order chi connectivity index (χ1) is 13.2. The summed E-state index contributed by atoms with van der Waals surface area (Å²) in [6.45, 7) is 5.58. The van der Waals surface area contributed by atoms with E-state index in [0.717, 1.165) is 59.3 Å². The molecule has 5 nitrogen and oxygen atoms in total. The molecule has 1 aromatic carbocycles. The molecule has 1 aliphatic rings. The van der Waals surface area contributed by atoms with E-state index in [0.29, 0.717) is 6.54 Å². The van der Waals surface area contributed by atoms with E-state index in [2.05, 4.69) is 23.4 Å². The number of pyridine rings is 1. The first kappa shape index (κ1) is 17.7. The van der Waals surface area contributed by atoms with Crippen molar-refractivity contribution in [2.75, 3.05) is 6.61 Å². The molecule has 1 aliphatic heterocycles. The third-order valence-electron chi connectivity index (χ3n) is 4.98. The van der Waals surface area contributed by atoms with Gasteiger partial charge in [0.25, 0.3) is 0 Å². The van der Waals surface area contributed by atoms with Crippen LogP contribution in [-0.2, 0) is 11.3 Å². The van der Waals surface area contributed by atoms with Crippen molar-refractivity contribution < 1.29 is 14.3 Å². The molecular weight excluding hydrogens is 340 g/mol. The normalized spacial score (nSPS) is 16.9. The highest BCUT2D eigenvalue weighted by Crippen LogP contribution is 2.33. The number of aldehydes is 1. The predicted octanol–water partition coefficient (Wildman–Crippen LogP) is 4.54. The Bertz CT molecular complexity index is 941. The Morgan fingerprint density at radius 3 is 2.89 bits per heavy atom. The van der Waals surface area contributed by atoms with Crippen LogP contribution in [0.3, 0.4) is 0 Å². The topological polar surface area (TPSA) is 53.4 Å². The summed E-state index contributed by atoms with van der Waals surface area (Å²) in [7, 11) is 0. The molecule has 140 valence electrons. The molecule has 5 heteroatoms. The van der Waals surface area contributed by atoms with Gasteiger partial charge in [0.2, 0.25) is 0 Å². The van der Waals surface area contributed by atoms with Crippen molar-refractivity contribution in [1.29, 1.82) is 0 Å². The number of hydrogen-bond donors (Lipinski definition) is 0. The Labute approximate surface area is 158 Å². The fourth-order valence-corrected chi connectivity index (χ4v) is 3.81. The van der Waals surface area contributed by atoms with Gasteiger partial charge in [-0.3, -0.25) is 9.78 Å². The van der Waals surface area contributed by atoms with Gasteiger partial charge in [0.05, 0.1) is 24.4 Å². The van der Waals surface area contributed by atoms with Crippen LogP contribution in [0.15, 0.2) is 42.6 Å². The minimum Gasteiger partial charge on any atom is -0.465 e. The number of hydrogen-bond acceptors (Lipinski definition) is 4. The van der Waals surface area contributed by atoms with Crippen LogP contribution in [0, 0.1) is 0 Å². The second-order valence-electron chi connectivity index (χ2n) is 7.22. The van der Waals surface area contributed by atoms with E-state index in [1.165, 1.54) is 0 Å². The van der Waals surface area contributed by atoms with E-state index in [1.54, 1.807) is 6.20 Å². The van der Waals surface area contributed by atoms with E-state index in [-0.39, 0.29) is 12.2 Å². The van der Waals surface area contributed by atoms with Gasteiger partial charge in [0, 0.05) is 35.3 Å². The average molecular weight is 364 g/mol. The van der Waals surface area contributed by atoms with Crippen LogP contribution in [0.1, 0.15) is 54.4 Å². The molecule has 2 aromatic heterocycles. The number of rotatable bonds is 6. The molecule has 1 fully saturated rings. The van der Waals surface area contributed by atoms with Gasteiger partial charge in [-0.1, -0.05) is 19.9 Å². The van der Waals surface area contributed by atoms with E-state index in [4.69, 9.17) is 9.47 Å². The molecule has 1 unspecified atom stereocenters. The summed E-state index contributed by atoms with van der Waals surface area (Å²) in [6, 6.07) is 11.8. The summed E-state index contributed by atoms with van der Waals surface area (Å²) in [5.74, 6) is 0.978. The molecule has 1 atom stereocenters. The maximum atomic E-state index is 11.9. The molecule has 0 bridgehead atoms. The number of aromatic nitrogens is 2. The van der Waals surface area contributed by atoms with Gasteiger partial charge in [-0.05, 0) is 36.6 Å². The minimum atomic E-state index is -0.184. The van der Waals surface area contributed by atoms with Crippen molar-refractivity contribution in [1.82, 2.24) is 9.55 Å². The monoisotopic (exact) mass is 364 g/mol. The van der Waals surface area contributed by atoms with Crippen LogP contribution in [0.4, 0.5) is 0 Å². The fraction of sp³-hybridized carbons (Fsp3) is 0.364. The van der Waals surface area contributed by atoms with E-state index in [9.17, 15) is 4.79 Å². The SMILES string of the molecule is CC(C)c1c(C=O)c2ccc(OC3CCCO3)cc2n1Cc1ccccn1. The van der Waals surface area contributed by atoms with E-state index < -0.39 is 0 Å². The summed E-state index contributed by atoms with van der Waals surface area (Å²) >= 11 is 0. The van der Waals surface area contributed by atoms with Crippen molar-refractivity contribution in [3.05, 3.63) is 59.5 Å². The Morgan fingerprint density at radius 2 is 2.22 bits per heavy atom. The highest BCUT2D eigenvalue weighted by Gasteiger charge is 2.22. The van der Waals surface area contributed by atoms with Gasteiger partial charge in [-0.25, -0.2) is 0 Å². The van der Waals surface area contributed by atoms with Crippen LogP contribution in [0.25, 0.3) is 10.9 Å². The number of carbonyl (C=O) groups excluding carboxylic acids is 1. The lowest BCUT2D eigenvalue weighted by Gasteiger charge is -2.15. The van der Waals surface area contributed by atoms with E-state index in [1.807, 2.05) is 36.4 Å². The lowest BCUT2D eigenvalue weighted by molar-refractivity contribution is -0.0389. The van der Waals surface area contributed by atoms with Gasteiger partial charge in [0.15, 0.2) is 12.6 Å². The summed E-state index contributed by atoms with van der Waals surface area (Å²) in [5.41, 5.74) is 3.72. The predicted molar refractivity (Wildman–Crippen MR) is 104 cm³/mol. The molecule has 3 aromatic rings. The maximum absolute atomic E-state index is 11.9. The van der Waals surface area contributed by atoms with Crippen molar-refractivity contribution in [3.63, 3.8) is 0 Å². The van der Waals surface area contributed by atoms with E-state index >= 15 is 0 Å². The maximum Gasteiger partial charge on any atom is 0.199 e. The third-order valence-corrected chi connectivity index (χ3v) is 4.98. The van der Waals surface area contributed by atoms with Crippen LogP contribution >= 0.6 is 0 Å². The van der Waals surface area contributed by atoms with Gasteiger partial charge in [-0.15, -0.1) is 0 Å². The van der Waals surface area contributed by atoms with Crippen molar-refractivity contribution in [3.8, 4) is 5.75 Å². The lowest BCUT2D eigenvalue weighted by Crippen LogP contribution is -2.14. The molecule has 0 saturated carbocycles. The summed E-state index contributed by atoms with van der Waals surface area (Å²) < 4.78 is 13.8. The Hall–Kier alpha value is -2.66. The van der Waals surface area contributed by atoms with Crippen LogP contribution in [-0.4, -0.2) is 28.7 Å². The third kappa shape index (κ3) is 3.47. The summed E-state index contributed by atoms with van der Waals surface area (Å²) in [6.07, 6.45) is 4.51. The zero-order valence-corrected chi connectivity index (χ0v) is 15.7. The number of fused-ring (bicyclic) bond motifs is 1. The van der Waals surface area contributed by atoms with Crippen LogP contribution < -0.4 is 4.74 Å². The first-order valence-electron chi connectivity index (χ1n) is 9.47. The molecular formula is C22H24N2O3. The molecule has 1 saturated heterocycles.